The van der Waals surface area contributed by atoms with Gasteiger partial charge in [-0.3, -0.25) is 23.9 Å². The molecular weight excluding hydrogens is 524 g/mol. The molecule has 0 saturated heterocycles. The Morgan fingerprint density at radius 2 is 1.98 bits per heavy atom. The molecule has 0 atom stereocenters. The van der Waals surface area contributed by atoms with Crippen molar-refractivity contribution in [3.8, 4) is 18.4 Å². The van der Waals surface area contributed by atoms with Crippen LogP contribution in [0.25, 0.3) is 11.8 Å². The molecule has 1 aromatic heterocycles. The van der Waals surface area contributed by atoms with E-state index in [-0.39, 0.29) is 34.8 Å². The first-order valence-electron chi connectivity index (χ1n) is 12.8. The SMILES string of the molecule is C#CCNC(=O)C(C#N)=c1sc(=CNc2cccc(N(C)C(=O)CN3CCc4ccccc4C3)c2)c(=O)n1CC. The number of amides is 2. The molecule has 1 aliphatic rings. The number of carbonyl (C=O) groups excluding carboxylic acids is 2. The number of nitriles is 1. The highest BCUT2D eigenvalue weighted by atomic mass is 32.1. The molecule has 0 unspecified atom stereocenters. The molecule has 0 aliphatic carbocycles. The Morgan fingerprint density at radius 1 is 1.20 bits per heavy atom. The molecular formula is C30H30N6O3S. The molecule has 0 fully saturated rings. The van der Waals surface area contributed by atoms with E-state index in [1.54, 1.807) is 25.1 Å². The maximum Gasteiger partial charge on any atom is 0.270 e. The van der Waals surface area contributed by atoms with E-state index in [0.717, 1.165) is 30.8 Å². The minimum absolute atomic E-state index is 0.0167. The van der Waals surface area contributed by atoms with E-state index >= 15 is 0 Å². The number of carbonyl (C=O) groups is 2. The number of rotatable bonds is 8. The van der Waals surface area contributed by atoms with Gasteiger partial charge in [-0.05, 0) is 42.7 Å². The van der Waals surface area contributed by atoms with E-state index < -0.39 is 5.91 Å². The number of fused-ring (bicyclic) bond motifs is 1. The molecule has 9 nitrogen and oxygen atoms in total. The second kappa shape index (κ2) is 12.9. The summed E-state index contributed by atoms with van der Waals surface area (Å²) in [5, 5.41) is 15.2. The molecule has 204 valence electrons. The first kappa shape index (κ1) is 28.4. The van der Waals surface area contributed by atoms with Crippen LogP contribution in [-0.4, -0.2) is 48.0 Å². The van der Waals surface area contributed by atoms with Crippen LogP contribution in [-0.2, 0) is 29.1 Å². The van der Waals surface area contributed by atoms with Gasteiger partial charge in [0.2, 0.25) is 5.91 Å². The van der Waals surface area contributed by atoms with Gasteiger partial charge in [-0.25, -0.2) is 0 Å². The molecule has 40 heavy (non-hydrogen) atoms. The van der Waals surface area contributed by atoms with Crippen LogP contribution in [0.1, 0.15) is 18.1 Å². The van der Waals surface area contributed by atoms with Crippen LogP contribution in [0.2, 0.25) is 0 Å². The Balaban J connectivity index is 1.51. The van der Waals surface area contributed by atoms with Gasteiger partial charge in [-0.15, -0.1) is 17.8 Å². The third-order valence-electron chi connectivity index (χ3n) is 6.67. The van der Waals surface area contributed by atoms with E-state index in [0.29, 0.717) is 22.5 Å². The first-order valence-corrected chi connectivity index (χ1v) is 13.7. The van der Waals surface area contributed by atoms with Crippen molar-refractivity contribution < 1.29 is 9.59 Å². The lowest BCUT2D eigenvalue weighted by atomic mass is 10.00. The predicted octanol–water partition coefficient (Wildman–Crippen LogP) is 1.22. The largest absolute Gasteiger partial charge is 0.360 e. The fourth-order valence-corrected chi connectivity index (χ4v) is 5.58. The van der Waals surface area contributed by atoms with Gasteiger partial charge in [0, 0.05) is 44.3 Å². The van der Waals surface area contributed by atoms with Crippen molar-refractivity contribution in [1.29, 1.82) is 5.26 Å². The van der Waals surface area contributed by atoms with Crippen molar-refractivity contribution in [1.82, 2.24) is 14.8 Å². The fraction of sp³-hybridized carbons (Fsp3) is 0.267. The summed E-state index contributed by atoms with van der Waals surface area (Å²) < 4.78 is 1.97. The first-order chi connectivity index (χ1) is 19.4. The van der Waals surface area contributed by atoms with Gasteiger partial charge in [-0.1, -0.05) is 36.3 Å². The van der Waals surface area contributed by atoms with Crippen LogP contribution in [0, 0.1) is 23.7 Å². The summed E-state index contributed by atoms with van der Waals surface area (Å²) in [7, 11) is 1.75. The van der Waals surface area contributed by atoms with Gasteiger partial charge < -0.3 is 15.5 Å². The Morgan fingerprint density at radius 3 is 2.70 bits per heavy atom. The third kappa shape index (κ3) is 6.32. The quantitative estimate of drug-likeness (QED) is 0.406. The summed E-state index contributed by atoms with van der Waals surface area (Å²) in [6.45, 7) is 3.93. The molecule has 0 spiro atoms. The summed E-state index contributed by atoms with van der Waals surface area (Å²) in [6, 6.07) is 17.6. The highest BCUT2D eigenvalue weighted by Crippen LogP contribution is 2.21. The highest BCUT2D eigenvalue weighted by molar-refractivity contribution is 7.07. The van der Waals surface area contributed by atoms with Gasteiger partial charge in [0.15, 0.2) is 5.57 Å². The van der Waals surface area contributed by atoms with E-state index in [9.17, 15) is 19.6 Å². The predicted molar refractivity (Wildman–Crippen MR) is 158 cm³/mol. The Kier molecular flexibility index (Phi) is 9.18. The monoisotopic (exact) mass is 554 g/mol. The standard InChI is InChI=1S/C30H30N6O3S/c1-4-14-32-28(38)25(17-31)30-36(5-2)29(39)26(40-30)18-33-23-11-8-12-24(16-23)34(3)27(37)20-35-15-13-21-9-6-7-10-22(21)19-35/h1,6-12,16,18,33H,5,13-15,19-20H2,2-3H3,(H,32,38). The molecule has 2 aromatic carbocycles. The lowest BCUT2D eigenvalue weighted by Crippen LogP contribution is -2.40. The summed E-state index contributed by atoms with van der Waals surface area (Å²) >= 11 is 1.04. The average molecular weight is 555 g/mol. The van der Waals surface area contributed by atoms with Crippen molar-refractivity contribution in [2.24, 2.45) is 0 Å². The molecule has 2 heterocycles. The molecule has 0 saturated carbocycles. The van der Waals surface area contributed by atoms with Gasteiger partial charge in [0.1, 0.15) is 15.3 Å². The van der Waals surface area contributed by atoms with Crippen LogP contribution in [0.5, 0.6) is 0 Å². The third-order valence-corrected chi connectivity index (χ3v) is 7.80. The van der Waals surface area contributed by atoms with Crippen molar-refractivity contribution in [2.75, 3.05) is 36.9 Å². The zero-order chi connectivity index (χ0) is 28.6. The number of nitrogens with one attached hydrogen (secondary N) is 2. The maximum absolute atomic E-state index is 13.1. The van der Waals surface area contributed by atoms with Crippen LogP contribution < -0.4 is 30.3 Å². The molecule has 10 heteroatoms. The number of thiazole rings is 1. The summed E-state index contributed by atoms with van der Waals surface area (Å²) in [5.41, 5.74) is 3.50. The number of hydrogen-bond acceptors (Lipinski definition) is 7. The lowest BCUT2D eigenvalue weighted by Gasteiger charge is -2.29. The Labute approximate surface area is 236 Å². The molecule has 2 N–H and O–H groups in total. The van der Waals surface area contributed by atoms with Crippen LogP contribution >= 0.6 is 11.3 Å². The molecule has 0 bridgehead atoms. The Hall–Kier alpha value is -4.64. The van der Waals surface area contributed by atoms with Crippen molar-refractivity contribution in [3.05, 3.63) is 79.2 Å². The van der Waals surface area contributed by atoms with E-state index in [1.165, 1.54) is 15.7 Å². The minimum Gasteiger partial charge on any atom is -0.360 e. The average Bonchev–Trinajstić information content (AvgIpc) is 3.29. The highest BCUT2D eigenvalue weighted by Gasteiger charge is 2.20. The van der Waals surface area contributed by atoms with Gasteiger partial charge in [0.05, 0.1) is 13.1 Å². The number of aromatic nitrogens is 1. The topological polar surface area (TPSA) is 110 Å². The number of terminal acetylenes is 1. The summed E-state index contributed by atoms with van der Waals surface area (Å²) in [4.78, 5) is 42.3. The lowest BCUT2D eigenvalue weighted by molar-refractivity contribution is -0.119. The second-order valence-corrected chi connectivity index (χ2v) is 10.2. The van der Waals surface area contributed by atoms with Crippen molar-refractivity contribution in [3.63, 3.8) is 0 Å². The van der Waals surface area contributed by atoms with E-state index in [1.807, 2.05) is 42.5 Å². The molecule has 3 aromatic rings. The zero-order valence-corrected chi connectivity index (χ0v) is 23.3. The summed E-state index contributed by atoms with van der Waals surface area (Å²) in [6.07, 6.45) is 7.66. The van der Waals surface area contributed by atoms with Crippen LogP contribution in [0.4, 0.5) is 11.4 Å². The number of benzene rings is 2. The Bertz CT molecular complexity index is 1690. The number of nitrogens with zero attached hydrogens (tertiary/aromatic N) is 4. The van der Waals surface area contributed by atoms with Crippen molar-refractivity contribution >= 4 is 46.3 Å². The molecule has 1 aliphatic heterocycles. The maximum atomic E-state index is 13.1. The van der Waals surface area contributed by atoms with Crippen LogP contribution in [0.15, 0.2) is 53.3 Å². The van der Waals surface area contributed by atoms with E-state index in [4.69, 9.17) is 6.42 Å². The smallest absolute Gasteiger partial charge is 0.270 e. The summed E-state index contributed by atoms with van der Waals surface area (Å²) in [5.74, 6) is 1.65. The van der Waals surface area contributed by atoms with Gasteiger partial charge in [-0.2, -0.15) is 5.26 Å². The second-order valence-electron chi connectivity index (χ2n) is 9.22. The normalized spacial score (nSPS) is 13.9. The zero-order valence-electron chi connectivity index (χ0n) is 22.4. The van der Waals surface area contributed by atoms with Crippen LogP contribution in [0.3, 0.4) is 0 Å². The molecule has 4 rings (SSSR count). The van der Waals surface area contributed by atoms with Gasteiger partial charge in [0.25, 0.3) is 11.5 Å². The molecule has 0 radical (unpaired) electrons. The molecule has 2 amide bonds. The fourth-order valence-electron chi connectivity index (χ4n) is 4.49. The number of likely N-dealkylation sites (N-methyl/N-ethyl adjacent to an activating group) is 1. The minimum atomic E-state index is -0.627. The number of hydrogen-bond donors (Lipinski definition) is 2. The van der Waals surface area contributed by atoms with Crippen molar-refractivity contribution in [2.45, 2.75) is 26.4 Å². The van der Waals surface area contributed by atoms with Gasteiger partial charge >= 0.3 is 0 Å². The number of anilines is 2. The van der Waals surface area contributed by atoms with E-state index in [2.05, 4.69) is 33.6 Å².